The number of rotatable bonds is 3. The van der Waals surface area contributed by atoms with Gasteiger partial charge in [0.1, 0.15) is 0 Å². The summed E-state index contributed by atoms with van der Waals surface area (Å²) in [5.74, 6) is 1.63. The molecule has 1 aromatic heterocycles. The zero-order valence-corrected chi connectivity index (χ0v) is 9.81. The second-order valence-electron chi connectivity index (χ2n) is 4.43. The maximum atomic E-state index is 9.94. The number of aromatic nitrogens is 1. The molecule has 1 atom stereocenters. The highest BCUT2D eigenvalue weighted by Crippen LogP contribution is 2.31. The van der Waals surface area contributed by atoms with Crippen LogP contribution in [0.15, 0.2) is 18.3 Å². The highest BCUT2D eigenvalue weighted by atomic mass is 16.5. The van der Waals surface area contributed by atoms with Gasteiger partial charge in [-0.25, -0.2) is 4.98 Å². The van der Waals surface area contributed by atoms with Crippen molar-refractivity contribution in [1.29, 1.82) is 0 Å². The number of anilines is 1. The third kappa shape index (κ3) is 2.27. The minimum Gasteiger partial charge on any atom is -0.490 e. The Balaban J connectivity index is 2.20. The van der Waals surface area contributed by atoms with Gasteiger partial charge < -0.3 is 14.7 Å². The Morgan fingerprint density at radius 1 is 1.62 bits per heavy atom. The van der Waals surface area contributed by atoms with Crippen LogP contribution in [0.3, 0.4) is 0 Å². The topological polar surface area (TPSA) is 45.6 Å². The fraction of sp³-hybridized carbons (Fsp3) is 0.583. The Morgan fingerprint density at radius 3 is 3.06 bits per heavy atom. The van der Waals surface area contributed by atoms with Gasteiger partial charge in [-0.05, 0) is 32.4 Å². The lowest BCUT2D eigenvalue weighted by atomic mass is 10.1. The molecule has 0 amide bonds. The summed E-state index contributed by atoms with van der Waals surface area (Å²) in [6, 6.07) is 3.78. The quantitative estimate of drug-likeness (QED) is 0.840. The van der Waals surface area contributed by atoms with E-state index in [9.17, 15) is 5.11 Å². The molecule has 1 N–H and O–H groups in total. The summed E-state index contributed by atoms with van der Waals surface area (Å²) in [7, 11) is 0. The van der Waals surface area contributed by atoms with Gasteiger partial charge in [0, 0.05) is 19.3 Å². The van der Waals surface area contributed by atoms with Gasteiger partial charge in [0.25, 0.3) is 0 Å². The molecule has 1 saturated heterocycles. The van der Waals surface area contributed by atoms with E-state index in [1.165, 1.54) is 0 Å². The average molecular weight is 222 g/mol. The van der Waals surface area contributed by atoms with Crippen molar-refractivity contribution in [2.75, 3.05) is 24.6 Å². The van der Waals surface area contributed by atoms with Crippen molar-refractivity contribution in [3.63, 3.8) is 0 Å². The van der Waals surface area contributed by atoms with E-state index < -0.39 is 5.60 Å². The van der Waals surface area contributed by atoms with Gasteiger partial charge in [-0.3, -0.25) is 0 Å². The van der Waals surface area contributed by atoms with Crippen molar-refractivity contribution in [3.05, 3.63) is 18.3 Å². The SMILES string of the molecule is CCOc1cccnc1N1CCC(C)(O)C1. The molecule has 0 radical (unpaired) electrons. The summed E-state index contributed by atoms with van der Waals surface area (Å²) in [5, 5.41) is 9.94. The van der Waals surface area contributed by atoms with Crippen molar-refractivity contribution in [3.8, 4) is 5.75 Å². The minimum absolute atomic E-state index is 0.610. The Labute approximate surface area is 95.9 Å². The highest BCUT2D eigenvalue weighted by molar-refractivity contribution is 5.53. The normalized spacial score (nSPS) is 24.8. The summed E-state index contributed by atoms with van der Waals surface area (Å²) in [4.78, 5) is 6.41. The van der Waals surface area contributed by atoms with Gasteiger partial charge in [-0.2, -0.15) is 0 Å². The van der Waals surface area contributed by atoms with Crippen molar-refractivity contribution in [2.24, 2.45) is 0 Å². The van der Waals surface area contributed by atoms with E-state index in [0.717, 1.165) is 24.5 Å². The van der Waals surface area contributed by atoms with Crippen molar-refractivity contribution in [2.45, 2.75) is 25.9 Å². The molecule has 1 aliphatic heterocycles. The highest BCUT2D eigenvalue weighted by Gasteiger charge is 2.33. The van der Waals surface area contributed by atoms with Crippen molar-refractivity contribution < 1.29 is 9.84 Å². The van der Waals surface area contributed by atoms with E-state index in [-0.39, 0.29) is 0 Å². The van der Waals surface area contributed by atoms with Crippen LogP contribution in [0.1, 0.15) is 20.3 Å². The van der Waals surface area contributed by atoms with Crippen molar-refractivity contribution in [1.82, 2.24) is 4.98 Å². The maximum Gasteiger partial charge on any atom is 0.171 e. The molecule has 1 unspecified atom stereocenters. The van der Waals surface area contributed by atoms with Gasteiger partial charge in [0.2, 0.25) is 0 Å². The van der Waals surface area contributed by atoms with Crippen LogP contribution in [0.4, 0.5) is 5.82 Å². The van der Waals surface area contributed by atoms with Gasteiger partial charge in [0.05, 0.1) is 12.2 Å². The van der Waals surface area contributed by atoms with Crippen LogP contribution < -0.4 is 9.64 Å². The monoisotopic (exact) mass is 222 g/mol. The fourth-order valence-electron chi connectivity index (χ4n) is 2.01. The van der Waals surface area contributed by atoms with Crippen LogP contribution in [-0.2, 0) is 0 Å². The van der Waals surface area contributed by atoms with Crippen LogP contribution in [0.5, 0.6) is 5.75 Å². The second-order valence-corrected chi connectivity index (χ2v) is 4.43. The van der Waals surface area contributed by atoms with Gasteiger partial charge in [-0.15, -0.1) is 0 Å². The molecule has 0 saturated carbocycles. The molecule has 88 valence electrons. The van der Waals surface area contributed by atoms with Gasteiger partial charge in [-0.1, -0.05) is 0 Å². The zero-order valence-electron chi connectivity index (χ0n) is 9.81. The molecule has 1 aliphatic rings. The lowest BCUT2D eigenvalue weighted by molar-refractivity contribution is 0.0838. The van der Waals surface area contributed by atoms with E-state index in [1.807, 2.05) is 26.0 Å². The number of aliphatic hydroxyl groups is 1. The third-order valence-corrected chi connectivity index (χ3v) is 2.80. The smallest absolute Gasteiger partial charge is 0.171 e. The largest absolute Gasteiger partial charge is 0.490 e. The van der Waals surface area contributed by atoms with Crippen LogP contribution in [0, 0.1) is 0 Å². The number of β-amino-alcohol motifs (C(OH)–C–C–N with tert-alkyl or cyclic N) is 1. The van der Waals surface area contributed by atoms with Gasteiger partial charge in [0.15, 0.2) is 11.6 Å². The molecule has 1 fully saturated rings. The molecule has 4 heteroatoms. The lowest BCUT2D eigenvalue weighted by Crippen LogP contribution is -2.30. The van der Waals surface area contributed by atoms with E-state index >= 15 is 0 Å². The van der Waals surface area contributed by atoms with Gasteiger partial charge >= 0.3 is 0 Å². The predicted molar refractivity (Wildman–Crippen MR) is 62.9 cm³/mol. The Kier molecular flexibility index (Phi) is 3.01. The lowest BCUT2D eigenvalue weighted by Gasteiger charge is -2.21. The Bertz CT molecular complexity index is 366. The Hall–Kier alpha value is -1.29. The first-order valence-electron chi connectivity index (χ1n) is 5.67. The van der Waals surface area contributed by atoms with Crippen LogP contribution in [0.2, 0.25) is 0 Å². The van der Waals surface area contributed by atoms with Crippen molar-refractivity contribution >= 4 is 5.82 Å². The number of hydrogen-bond donors (Lipinski definition) is 1. The first-order chi connectivity index (χ1) is 7.62. The molecule has 0 aliphatic carbocycles. The minimum atomic E-state index is -0.610. The zero-order chi connectivity index (χ0) is 11.6. The standard InChI is InChI=1S/C12H18N2O2/c1-3-16-10-5-4-7-13-11(10)14-8-6-12(2,15)9-14/h4-5,7,15H,3,6,8-9H2,1-2H3. The molecular weight excluding hydrogens is 204 g/mol. The van der Waals surface area contributed by atoms with E-state index in [2.05, 4.69) is 9.88 Å². The number of pyridine rings is 1. The summed E-state index contributed by atoms with van der Waals surface area (Å²) < 4.78 is 5.53. The number of hydrogen-bond acceptors (Lipinski definition) is 4. The summed E-state index contributed by atoms with van der Waals surface area (Å²) in [6.45, 7) is 5.88. The molecule has 4 nitrogen and oxygen atoms in total. The first kappa shape index (κ1) is 11.2. The molecule has 0 spiro atoms. The first-order valence-corrected chi connectivity index (χ1v) is 5.67. The molecule has 1 aromatic rings. The van der Waals surface area contributed by atoms with E-state index in [1.54, 1.807) is 6.20 Å². The number of ether oxygens (including phenoxy) is 1. The summed E-state index contributed by atoms with van der Waals surface area (Å²) >= 11 is 0. The maximum absolute atomic E-state index is 9.94. The van der Waals surface area contributed by atoms with Crippen LogP contribution in [-0.4, -0.2) is 35.4 Å². The summed E-state index contributed by atoms with van der Waals surface area (Å²) in [5.41, 5.74) is -0.610. The van der Waals surface area contributed by atoms with Crippen LogP contribution in [0.25, 0.3) is 0 Å². The molecule has 0 bridgehead atoms. The molecular formula is C12H18N2O2. The fourth-order valence-corrected chi connectivity index (χ4v) is 2.01. The molecule has 2 rings (SSSR count). The van der Waals surface area contributed by atoms with Crippen LogP contribution >= 0.6 is 0 Å². The second kappa shape index (κ2) is 4.29. The van der Waals surface area contributed by atoms with E-state index in [4.69, 9.17) is 4.74 Å². The molecule has 0 aromatic carbocycles. The molecule has 16 heavy (non-hydrogen) atoms. The third-order valence-electron chi connectivity index (χ3n) is 2.80. The number of nitrogens with zero attached hydrogens (tertiary/aromatic N) is 2. The molecule has 2 heterocycles. The Morgan fingerprint density at radius 2 is 2.44 bits per heavy atom. The van der Waals surface area contributed by atoms with E-state index in [0.29, 0.717) is 13.2 Å². The predicted octanol–water partition coefficient (Wildman–Crippen LogP) is 1.44. The summed E-state index contributed by atoms with van der Waals surface area (Å²) in [6.07, 6.45) is 2.53. The average Bonchev–Trinajstić information content (AvgIpc) is 2.60.